The fraction of sp³-hybridized carbons (Fsp3) is 0.250. The Bertz CT molecular complexity index is 1690. The molecule has 0 amide bonds. The summed E-state index contributed by atoms with van der Waals surface area (Å²) in [6.45, 7) is 5.65. The van der Waals surface area contributed by atoms with Gasteiger partial charge in [-0.1, -0.05) is 17.7 Å². The molecule has 5 aromatic rings. The highest BCUT2D eigenvalue weighted by atomic mass is 35.5. The maximum atomic E-state index is 12.9. The summed E-state index contributed by atoms with van der Waals surface area (Å²) in [5.41, 5.74) is 10.4. The van der Waals surface area contributed by atoms with Gasteiger partial charge in [-0.15, -0.1) is 0 Å². The molecule has 0 aliphatic heterocycles. The van der Waals surface area contributed by atoms with Gasteiger partial charge in [0.15, 0.2) is 17.3 Å². The zero-order valence-corrected chi connectivity index (χ0v) is 22.0. The Kier molecular flexibility index (Phi) is 5.68. The summed E-state index contributed by atoms with van der Waals surface area (Å²) < 4.78 is 9.26. The van der Waals surface area contributed by atoms with Gasteiger partial charge in [0.05, 0.1) is 16.5 Å². The lowest BCUT2D eigenvalue weighted by atomic mass is 10.0. The van der Waals surface area contributed by atoms with Gasteiger partial charge in [-0.05, 0) is 75.1 Å². The summed E-state index contributed by atoms with van der Waals surface area (Å²) in [6.07, 6.45) is 6.59. The van der Waals surface area contributed by atoms with E-state index in [1.165, 1.54) is 0 Å². The van der Waals surface area contributed by atoms with Crippen LogP contribution in [0.4, 0.5) is 5.82 Å². The second-order valence-electron chi connectivity index (χ2n) is 10.3. The van der Waals surface area contributed by atoms with Crippen molar-refractivity contribution in [3.05, 3.63) is 77.2 Å². The molecule has 10 heteroatoms. The lowest BCUT2D eigenvalue weighted by molar-refractivity contribution is -0.156. The maximum Gasteiger partial charge on any atom is 0.313 e. The molecule has 1 aromatic carbocycles. The van der Waals surface area contributed by atoms with E-state index in [1.54, 1.807) is 29.3 Å². The number of benzene rings is 1. The van der Waals surface area contributed by atoms with Crippen LogP contribution < -0.4 is 5.73 Å². The zero-order chi connectivity index (χ0) is 26.6. The zero-order valence-electron chi connectivity index (χ0n) is 21.2. The Morgan fingerprint density at radius 3 is 2.71 bits per heavy atom. The molecule has 1 aliphatic rings. The van der Waals surface area contributed by atoms with Crippen LogP contribution >= 0.6 is 11.6 Å². The van der Waals surface area contributed by atoms with E-state index in [1.807, 2.05) is 55.7 Å². The van der Waals surface area contributed by atoms with Crippen molar-refractivity contribution in [3.63, 3.8) is 0 Å². The van der Waals surface area contributed by atoms with Gasteiger partial charge in [-0.25, -0.2) is 19.6 Å². The molecule has 0 radical (unpaired) electrons. The number of imidazole rings is 1. The molecule has 0 saturated heterocycles. The normalized spacial score (nSPS) is 15.1. The van der Waals surface area contributed by atoms with Crippen LogP contribution in [0, 0.1) is 0 Å². The molecule has 2 N–H and O–H groups in total. The van der Waals surface area contributed by atoms with Crippen LogP contribution in [0.25, 0.3) is 34.1 Å². The first-order chi connectivity index (χ1) is 18.2. The Hall–Kier alpha value is -4.24. The minimum Gasteiger partial charge on any atom is -0.459 e. The number of aryl methyl sites for hydroxylation is 1. The molecule has 6 rings (SSSR count). The number of rotatable bonds is 4. The molecular formula is C28H26ClN7O2. The third-order valence-electron chi connectivity index (χ3n) is 6.53. The molecule has 9 nitrogen and oxygen atoms in total. The van der Waals surface area contributed by atoms with Crippen molar-refractivity contribution in [2.45, 2.75) is 45.1 Å². The molecular weight excluding hydrogens is 502 g/mol. The molecule has 0 unspecified atom stereocenters. The van der Waals surface area contributed by atoms with E-state index in [0.29, 0.717) is 45.6 Å². The Morgan fingerprint density at radius 2 is 1.97 bits per heavy atom. The molecule has 192 valence electrons. The van der Waals surface area contributed by atoms with Crippen molar-refractivity contribution >= 4 is 34.6 Å². The summed E-state index contributed by atoms with van der Waals surface area (Å²) in [7, 11) is 0. The third kappa shape index (κ3) is 4.18. The van der Waals surface area contributed by atoms with Crippen molar-refractivity contribution in [2.24, 2.45) is 0 Å². The molecule has 0 spiro atoms. The quantitative estimate of drug-likeness (QED) is 0.316. The SMILES string of the molecule is CC(C)(C)OC(=O)[C@H]1CCc2cc(-n3c(-c4cccnc4N)nc4c(Cl)cc(-n5cccn5)nc43)ccc21. The van der Waals surface area contributed by atoms with Gasteiger partial charge in [0, 0.05) is 30.3 Å². The predicted molar refractivity (Wildman–Crippen MR) is 146 cm³/mol. The first kappa shape index (κ1) is 24.1. The smallest absolute Gasteiger partial charge is 0.313 e. The number of anilines is 1. The Labute approximate surface area is 224 Å². The molecule has 1 aliphatic carbocycles. The number of hydrogen-bond donors (Lipinski definition) is 1. The lowest BCUT2D eigenvalue weighted by Crippen LogP contribution is -2.27. The highest BCUT2D eigenvalue weighted by Crippen LogP contribution is 2.39. The molecule has 0 saturated carbocycles. The number of nitrogen functional groups attached to an aromatic ring is 1. The van der Waals surface area contributed by atoms with Gasteiger partial charge in [0.2, 0.25) is 0 Å². The molecule has 4 heterocycles. The summed E-state index contributed by atoms with van der Waals surface area (Å²) in [5.74, 6) is 0.992. The third-order valence-corrected chi connectivity index (χ3v) is 6.82. The highest BCUT2D eigenvalue weighted by molar-refractivity contribution is 6.35. The first-order valence-electron chi connectivity index (χ1n) is 12.4. The number of fused-ring (bicyclic) bond motifs is 2. The van der Waals surface area contributed by atoms with Gasteiger partial charge in [0.1, 0.15) is 16.9 Å². The Morgan fingerprint density at radius 1 is 1.13 bits per heavy atom. The van der Waals surface area contributed by atoms with E-state index in [9.17, 15) is 4.79 Å². The Balaban J connectivity index is 1.53. The van der Waals surface area contributed by atoms with Gasteiger partial charge in [-0.2, -0.15) is 5.10 Å². The van der Waals surface area contributed by atoms with E-state index >= 15 is 0 Å². The minimum absolute atomic E-state index is 0.196. The minimum atomic E-state index is -0.536. The van der Waals surface area contributed by atoms with Crippen LogP contribution in [0.3, 0.4) is 0 Å². The van der Waals surface area contributed by atoms with Crippen molar-refractivity contribution in [3.8, 4) is 22.9 Å². The molecule has 1 atom stereocenters. The predicted octanol–water partition coefficient (Wildman–Crippen LogP) is 5.28. The van der Waals surface area contributed by atoms with Crippen LogP contribution in [0.2, 0.25) is 5.02 Å². The summed E-state index contributed by atoms with van der Waals surface area (Å²) >= 11 is 6.72. The van der Waals surface area contributed by atoms with E-state index in [-0.39, 0.29) is 11.9 Å². The van der Waals surface area contributed by atoms with Gasteiger partial charge in [-0.3, -0.25) is 9.36 Å². The summed E-state index contributed by atoms with van der Waals surface area (Å²) in [6, 6.07) is 13.3. The number of carbonyl (C=O) groups excluding carboxylic acids is 1. The fourth-order valence-corrected chi connectivity index (χ4v) is 5.14. The standard InChI is InChI=1S/C28H26ClN7O2/c1-28(2,3)38-27(37)19-9-7-16-14-17(8-10-18(16)19)36-25(20-6-4-11-31-24(20)30)34-23-21(29)15-22(33-26(23)36)35-13-5-12-32-35/h4-6,8,10-15,19H,7,9H2,1-3H3,(H2,30,31)/t19-/m0/s1. The molecule has 38 heavy (non-hydrogen) atoms. The van der Waals surface area contributed by atoms with E-state index in [4.69, 9.17) is 32.0 Å². The van der Waals surface area contributed by atoms with Crippen LogP contribution in [-0.2, 0) is 16.0 Å². The van der Waals surface area contributed by atoms with Crippen molar-refractivity contribution in [2.75, 3.05) is 5.73 Å². The number of nitrogens with zero attached hydrogens (tertiary/aromatic N) is 6. The average Bonchev–Trinajstić information content (AvgIpc) is 3.61. The van der Waals surface area contributed by atoms with E-state index < -0.39 is 5.60 Å². The van der Waals surface area contributed by atoms with Crippen molar-refractivity contribution in [1.29, 1.82) is 0 Å². The second kappa shape index (κ2) is 8.95. The van der Waals surface area contributed by atoms with Crippen LogP contribution in [0.5, 0.6) is 0 Å². The number of nitrogens with two attached hydrogens (primary N) is 1. The summed E-state index contributed by atoms with van der Waals surface area (Å²) in [4.78, 5) is 26.9. The largest absolute Gasteiger partial charge is 0.459 e. The van der Waals surface area contributed by atoms with Gasteiger partial charge < -0.3 is 10.5 Å². The van der Waals surface area contributed by atoms with E-state index in [0.717, 1.165) is 23.2 Å². The first-order valence-corrected chi connectivity index (χ1v) is 12.7. The second-order valence-corrected chi connectivity index (χ2v) is 10.7. The molecule has 4 aromatic heterocycles. The number of pyridine rings is 2. The number of ether oxygens (including phenoxy) is 1. The van der Waals surface area contributed by atoms with Crippen LogP contribution in [0.15, 0.2) is 61.1 Å². The number of esters is 1. The van der Waals surface area contributed by atoms with Gasteiger partial charge in [0.25, 0.3) is 0 Å². The fourth-order valence-electron chi connectivity index (χ4n) is 4.91. The van der Waals surface area contributed by atoms with Crippen LogP contribution in [0.1, 0.15) is 44.2 Å². The number of hydrogen-bond acceptors (Lipinski definition) is 7. The van der Waals surface area contributed by atoms with Crippen molar-refractivity contribution in [1.82, 2.24) is 29.3 Å². The number of carbonyl (C=O) groups is 1. The van der Waals surface area contributed by atoms with Crippen molar-refractivity contribution < 1.29 is 9.53 Å². The topological polar surface area (TPSA) is 114 Å². The molecule has 0 bridgehead atoms. The maximum absolute atomic E-state index is 12.9. The molecule has 0 fully saturated rings. The van der Waals surface area contributed by atoms with Gasteiger partial charge >= 0.3 is 5.97 Å². The highest BCUT2D eigenvalue weighted by Gasteiger charge is 2.33. The van der Waals surface area contributed by atoms with E-state index in [2.05, 4.69) is 16.1 Å². The lowest BCUT2D eigenvalue weighted by Gasteiger charge is -2.22. The number of aromatic nitrogens is 6. The monoisotopic (exact) mass is 527 g/mol. The average molecular weight is 528 g/mol. The number of halogens is 1. The summed E-state index contributed by atoms with van der Waals surface area (Å²) in [5, 5.41) is 4.74. The van der Waals surface area contributed by atoms with Crippen LogP contribution in [-0.4, -0.2) is 40.9 Å².